The largest absolute Gasteiger partial charge is 0.469 e. The lowest BCUT2D eigenvalue weighted by atomic mass is 10.1. The van der Waals surface area contributed by atoms with Gasteiger partial charge in [-0.3, -0.25) is 0 Å². The molecule has 3 aromatic rings. The Balaban J connectivity index is 2.03. The maximum atomic E-state index is 5.90. The zero-order chi connectivity index (χ0) is 13.2. The fourth-order valence-electron chi connectivity index (χ4n) is 1.95. The predicted octanol–water partition coefficient (Wildman–Crippen LogP) is 3.14. The number of nitrogens with two attached hydrogens (primary N) is 1. The summed E-state index contributed by atoms with van der Waals surface area (Å²) in [7, 11) is 0. The van der Waals surface area contributed by atoms with E-state index >= 15 is 0 Å². The van der Waals surface area contributed by atoms with Gasteiger partial charge in [-0.1, -0.05) is 24.2 Å². The van der Waals surface area contributed by atoms with Crippen LogP contribution in [0.2, 0.25) is 0 Å². The highest BCUT2D eigenvalue weighted by Crippen LogP contribution is 2.28. The van der Waals surface area contributed by atoms with Crippen molar-refractivity contribution in [3.05, 3.63) is 42.4 Å². The van der Waals surface area contributed by atoms with Crippen LogP contribution < -0.4 is 5.73 Å². The zero-order valence-electron chi connectivity index (χ0n) is 10.5. The Labute approximate surface area is 110 Å². The number of aromatic nitrogens is 2. The molecule has 5 heteroatoms. The topological polar surface area (TPSA) is 78.1 Å². The Bertz CT molecular complexity index is 700. The minimum atomic E-state index is 0.448. The lowest BCUT2D eigenvalue weighted by Crippen LogP contribution is -1.90. The molecule has 2 N–H and O–H groups in total. The van der Waals surface area contributed by atoms with Gasteiger partial charge in [-0.25, -0.2) is 0 Å². The molecule has 3 rings (SSSR count). The number of furan rings is 1. The van der Waals surface area contributed by atoms with Crippen molar-refractivity contribution in [3.8, 4) is 22.8 Å². The third kappa shape index (κ3) is 1.99. The quantitative estimate of drug-likeness (QED) is 0.727. The van der Waals surface area contributed by atoms with E-state index in [9.17, 15) is 0 Å². The molecule has 0 bridgehead atoms. The SMILES string of the molecule is CCc1occc1-c1nc(-c2ccccc2N)no1. The molecule has 0 fully saturated rings. The number of nitrogens with zero attached hydrogens (tertiary/aromatic N) is 2. The van der Waals surface area contributed by atoms with Gasteiger partial charge in [0.2, 0.25) is 5.82 Å². The van der Waals surface area contributed by atoms with Gasteiger partial charge >= 0.3 is 0 Å². The molecular weight excluding hydrogens is 242 g/mol. The van der Waals surface area contributed by atoms with E-state index in [1.807, 2.05) is 31.2 Å². The predicted molar refractivity (Wildman–Crippen MR) is 71.2 cm³/mol. The van der Waals surface area contributed by atoms with Crippen LogP contribution in [-0.2, 0) is 6.42 Å². The number of rotatable bonds is 3. The Morgan fingerprint density at radius 2 is 2.00 bits per heavy atom. The van der Waals surface area contributed by atoms with Gasteiger partial charge in [-0.2, -0.15) is 4.98 Å². The van der Waals surface area contributed by atoms with Gasteiger partial charge in [0.25, 0.3) is 5.89 Å². The number of aryl methyl sites for hydroxylation is 1. The van der Waals surface area contributed by atoms with Gasteiger partial charge in [0.1, 0.15) is 5.76 Å². The number of nitrogen functional groups attached to an aromatic ring is 1. The van der Waals surface area contributed by atoms with Crippen molar-refractivity contribution in [1.29, 1.82) is 0 Å². The Morgan fingerprint density at radius 1 is 1.16 bits per heavy atom. The number of hydrogen-bond acceptors (Lipinski definition) is 5. The fraction of sp³-hybridized carbons (Fsp3) is 0.143. The van der Waals surface area contributed by atoms with Gasteiger partial charge in [0.05, 0.1) is 11.8 Å². The molecule has 0 atom stereocenters. The molecule has 0 amide bonds. The van der Waals surface area contributed by atoms with Crippen LogP contribution in [-0.4, -0.2) is 10.1 Å². The molecule has 0 unspecified atom stereocenters. The first kappa shape index (κ1) is 11.5. The molecule has 1 aromatic carbocycles. The number of para-hydroxylation sites is 1. The van der Waals surface area contributed by atoms with Gasteiger partial charge < -0.3 is 14.7 Å². The smallest absolute Gasteiger partial charge is 0.261 e. The second kappa shape index (κ2) is 4.61. The zero-order valence-corrected chi connectivity index (χ0v) is 10.5. The molecule has 0 spiro atoms. The molecule has 19 heavy (non-hydrogen) atoms. The third-order valence-corrected chi connectivity index (χ3v) is 2.92. The Kier molecular flexibility index (Phi) is 2.79. The molecular formula is C14H13N3O2. The molecule has 0 saturated carbocycles. The summed E-state index contributed by atoms with van der Waals surface area (Å²) in [5.74, 6) is 1.76. The normalized spacial score (nSPS) is 10.8. The van der Waals surface area contributed by atoms with Crippen molar-refractivity contribution in [2.75, 3.05) is 5.73 Å². The van der Waals surface area contributed by atoms with E-state index in [0.29, 0.717) is 17.4 Å². The van der Waals surface area contributed by atoms with Crippen molar-refractivity contribution in [2.45, 2.75) is 13.3 Å². The van der Waals surface area contributed by atoms with Crippen molar-refractivity contribution >= 4 is 5.69 Å². The lowest BCUT2D eigenvalue weighted by molar-refractivity contribution is 0.430. The van der Waals surface area contributed by atoms with Crippen LogP contribution in [0.3, 0.4) is 0 Å². The lowest BCUT2D eigenvalue weighted by Gasteiger charge is -1.98. The Morgan fingerprint density at radius 3 is 2.79 bits per heavy atom. The van der Waals surface area contributed by atoms with Crippen LogP contribution in [0.15, 0.2) is 45.5 Å². The summed E-state index contributed by atoms with van der Waals surface area (Å²) in [6.45, 7) is 2.01. The summed E-state index contributed by atoms with van der Waals surface area (Å²) in [6, 6.07) is 9.24. The van der Waals surface area contributed by atoms with Crippen LogP contribution in [0.4, 0.5) is 5.69 Å². The second-order valence-corrected chi connectivity index (χ2v) is 4.12. The second-order valence-electron chi connectivity index (χ2n) is 4.12. The highest BCUT2D eigenvalue weighted by atomic mass is 16.5. The highest BCUT2D eigenvalue weighted by Gasteiger charge is 2.16. The standard InChI is InChI=1S/C14H13N3O2/c1-2-12-10(7-8-18-12)14-16-13(17-19-14)9-5-3-4-6-11(9)15/h3-8H,2,15H2,1H3. The summed E-state index contributed by atoms with van der Waals surface area (Å²) in [5.41, 5.74) is 8.11. The molecule has 2 heterocycles. The highest BCUT2D eigenvalue weighted by molar-refractivity contribution is 5.72. The molecule has 5 nitrogen and oxygen atoms in total. The van der Waals surface area contributed by atoms with E-state index in [1.165, 1.54) is 0 Å². The number of hydrogen-bond donors (Lipinski definition) is 1. The van der Waals surface area contributed by atoms with Gasteiger partial charge in [0.15, 0.2) is 0 Å². The van der Waals surface area contributed by atoms with E-state index in [2.05, 4.69) is 10.1 Å². The summed E-state index contributed by atoms with van der Waals surface area (Å²) in [6.07, 6.45) is 2.39. The summed E-state index contributed by atoms with van der Waals surface area (Å²) >= 11 is 0. The van der Waals surface area contributed by atoms with E-state index in [0.717, 1.165) is 23.3 Å². The average Bonchev–Trinajstić information content (AvgIpc) is 3.07. The minimum Gasteiger partial charge on any atom is -0.469 e. The van der Waals surface area contributed by atoms with E-state index in [-0.39, 0.29) is 0 Å². The number of benzene rings is 1. The molecule has 2 aromatic heterocycles. The minimum absolute atomic E-state index is 0.448. The first-order valence-electron chi connectivity index (χ1n) is 6.05. The first-order chi connectivity index (χ1) is 9.29. The summed E-state index contributed by atoms with van der Waals surface area (Å²) in [4.78, 5) is 4.37. The van der Waals surface area contributed by atoms with Crippen LogP contribution in [0.25, 0.3) is 22.8 Å². The molecule has 0 saturated heterocycles. The summed E-state index contributed by atoms with van der Waals surface area (Å²) in [5, 5.41) is 3.97. The van der Waals surface area contributed by atoms with Crippen LogP contribution in [0.5, 0.6) is 0 Å². The van der Waals surface area contributed by atoms with Gasteiger partial charge in [0, 0.05) is 17.7 Å². The third-order valence-electron chi connectivity index (χ3n) is 2.92. The van der Waals surface area contributed by atoms with Gasteiger partial charge in [-0.15, -0.1) is 0 Å². The van der Waals surface area contributed by atoms with Crippen molar-refractivity contribution < 1.29 is 8.94 Å². The van der Waals surface area contributed by atoms with Crippen molar-refractivity contribution in [1.82, 2.24) is 10.1 Å². The molecule has 0 aliphatic carbocycles. The molecule has 0 aliphatic rings. The molecule has 0 aliphatic heterocycles. The van der Waals surface area contributed by atoms with E-state index in [4.69, 9.17) is 14.7 Å². The van der Waals surface area contributed by atoms with E-state index < -0.39 is 0 Å². The number of anilines is 1. The molecule has 96 valence electrons. The van der Waals surface area contributed by atoms with Gasteiger partial charge in [-0.05, 0) is 18.2 Å². The van der Waals surface area contributed by atoms with Crippen LogP contribution in [0, 0.1) is 0 Å². The van der Waals surface area contributed by atoms with Crippen LogP contribution in [0.1, 0.15) is 12.7 Å². The van der Waals surface area contributed by atoms with E-state index in [1.54, 1.807) is 12.3 Å². The van der Waals surface area contributed by atoms with Crippen molar-refractivity contribution in [3.63, 3.8) is 0 Å². The van der Waals surface area contributed by atoms with Crippen molar-refractivity contribution in [2.24, 2.45) is 0 Å². The van der Waals surface area contributed by atoms with Crippen LogP contribution >= 0.6 is 0 Å². The average molecular weight is 255 g/mol. The fourth-order valence-corrected chi connectivity index (χ4v) is 1.95. The molecule has 0 radical (unpaired) electrons. The summed E-state index contributed by atoms with van der Waals surface area (Å²) < 4.78 is 10.6. The monoisotopic (exact) mass is 255 g/mol. The Hall–Kier alpha value is -2.56. The maximum Gasteiger partial charge on any atom is 0.261 e. The first-order valence-corrected chi connectivity index (χ1v) is 6.05. The maximum absolute atomic E-state index is 5.90.